The van der Waals surface area contributed by atoms with Crippen molar-refractivity contribution in [2.45, 2.75) is 89.1 Å². The average molecular weight is 492 g/mol. The number of nitrogens with one attached hydrogen (secondary N) is 1. The maximum Gasteiger partial charge on any atom is 0.220 e. The molecule has 8 atom stereocenters. The smallest absolute Gasteiger partial charge is 0.220 e. The molecule has 1 aromatic rings. The van der Waals surface area contributed by atoms with Crippen molar-refractivity contribution < 1.29 is 30.3 Å². The van der Waals surface area contributed by atoms with E-state index in [9.17, 15) is 20.1 Å². The Labute approximate surface area is 209 Å². The van der Waals surface area contributed by atoms with Gasteiger partial charge in [-0.15, -0.1) is 0 Å². The first kappa shape index (κ1) is 28.1. The van der Waals surface area contributed by atoms with Gasteiger partial charge in [0.1, 0.15) is 0 Å². The molecule has 0 aromatic heterocycles. The van der Waals surface area contributed by atoms with Gasteiger partial charge in [0.25, 0.3) is 0 Å². The van der Waals surface area contributed by atoms with E-state index in [1.807, 2.05) is 18.2 Å². The molecule has 2 aliphatic rings. The summed E-state index contributed by atoms with van der Waals surface area (Å²) in [5.41, 5.74) is 1.22. The van der Waals surface area contributed by atoms with E-state index in [0.717, 1.165) is 32.1 Å². The largest absolute Gasteiger partial charge is 0.394 e. The Balaban J connectivity index is 1.41. The fourth-order valence-corrected chi connectivity index (χ4v) is 6.19. The Morgan fingerprint density at radius 3 is 2.46 bits per heavy atom. The SMILES string of the molecule is C[C@@H](C[C@@H](O)CCc1ccccc1)[C@@H]1[C@@H](C[C@H]2CC2CCCC(=O)NC(CO)CO)[C@@H](O)C[C@H]1O. The number of hydrogen-bond donors (Lipinski definition) is 6. The Kier molecular flexibility index (Phi) is 11.0. The lowest BCUT2D eigenvalue weighted by atomic mass is 9.77. The number of benzene rings is 1. The lowest BCUT2D eigenvalue weighted by Crippen LogP contribution is -2.39. The van der Waals surface area contributed by atoms with Crippen molar-refractivity contribution in [3.63, 3.8) is 0 Å². The lowest BCUT2D eigenvalue weighted by molar-refractivity contribution is -0.122. The van der Waals surface area contributed by atoms with E-state index >= 15 is 0 Å². The van der Waals surface area contributed by atoms with E-state index in [1.165, 1.54) is 5.56 Å². The number of carbonyl (C=O) groups excluding carboxylic acids is 1. The highest BCUT2D eigenvalue weighted by molar-refractivity contribution is 5.76. The fraction of sp³-hybridized carbons (Fsp3) is 0.750. The third-order valence-corrected chi connectivity index (χ3v) is 8.25. The van der Waals surface area contributed by atoms with Crippen molar-refractivity contribution in [1.29, 1.82) is 0 Å². The van der Waals surface area contributed by atoms with Crippen LogP contribution < -0.4 is 5.32 Å². The van der Waals surface area contributed by atoms with Crippen molar-refractivity contribution in [3.8, 4) is 0 Å². The predicted molar refractivity (Wildman–Crippen MR) is 134 cm³/mol. The summed E-state index contributed by atoms with van der Waals surface area (Å²) < 4.78 is 0. The number of carbonyl (C=O) groups is 1. The summed E-state index contributed by atoms with van der Waals surface area (Å²) in [6.07, 6.45) is 5.19. The molecule has 0 aliphatic heterocycles. The molecule has 2 saturated carbocycles. The second-order valence-electron chi connectivity index (χ2n) is 11.0. The standard InChI is InChI=1S/C28H45NO6/c1-18(12-23(32)11-10-19-6-3-2-4-7-19)28-24(25(33)15-26(28)34)14-21-13-20(21)8-5-9-27(35)29-22(16-30)17-31/h2-4,6-7,18,20-26,28,30-34H,5,8-17H2,1H3,(H,29,35)/t18-,20?,21+,23-,24-,25-,26+,28+/m0/s1. The van der Waals surface area contributed by atoms with Gasteiger partial charge < -0.3 is 30.8 Å². The molecule has 0 heterocycles. The highest BCUT2D eigenvalue weighted by Gasteiger charge is 2.48. The third kappa shape index (κ3) is 8.53. The van der Waals surface area contributed by atoms with E-state index in [2.05, 4.69) is 24.4 Å². The van der Waals surface area contributed by atoms with Gasteiger partial charge in [-0.2, -0.15) is 0 Å². The van der Waals surface area contributed by atoms with Crippen LogP contribution in [0.1, 0.15) is 63.9 Å². The molecule has 35 heavy (non-hydrogen) atoms. The minimum Gasteiger partial charge on any atom is -0.394 e. The molecule has 6 N–H and O–H groups in total. The highest BCUT2D eigenvalue weighted by Crippen LogP contribution is 2.51. The maximum absolute atomic E-state index is 11.9. The normalized spacial score (nSPS) is 29.8. The van der Waals surface area contributed by atoms with Crippen molar-refractivity contribution in [2.75, 3.05) is 13.2 Å². The molecule has 1 amide bonds. The van der Waals surface area contributed by atoms with Gasteiger partial charge in [0, 0.05) is 6.42 Å². The summed E-state index contributed by atoms with van der Waals surface area (Å²) in [5, 5.41) is 52.8. The Morgan fingerprint density at radius 1 is 1.06 bits per heavy atom. The number of aliphatic hydroxyl groups excluding tert-OH is 5. The van der Waals surface area contributed by atoms with Crippen LogP contribution in [0.25, 0.3) is 0 Å². The van der Waals surface area contributed by atoms with Crippen LogP contribution in [0.3, 0.4) is 0 Å². The molecule has 7 nitrogen and oxygen atoms in total. The minimum atomic E-state index is -0.595. The summed E-state index contributed by atoms with van der Waals surface area (Å²) in [7, 11) is 0. The van der Waals surface area contributed by atoms with Crippen molar-refractivity contribution in [1.82, 2.24) is 5.32 Å². The van der Waals surface area contributed by atoms with E-state index < -0.39 is 24.4 Å². The van der Waals surface area contributed by atoms with Gasteiger partial charge in [0.05, 0.1) is 37.6 Å². The van der Waals surface area contributed by atoms with Crippen LogP contribution >= 0.6 is 0 Å². The molecular weight excluding hydrogens is 446 g/mol. The predicted octanol–water partition coefficient (Wildman–Crippen LogP) is 2.03. The van der Waals surface area contributed by atoms with Gasteiger partial charge >= 0.3 is 0 Å². The molecule has 1 aromatic carbocycles. The van der Waals surface area contributed by atoms with Gasteiger partial charge in [-0.3, -0.25) is 4.79 Å². The van der Waals surface area contributed by atoms with Crippen LogP contribution in [0, 0.1) is 29.6 Å². The number of aliphatic hydroxyl groups is 5. The Hall–Kier alpha value is -1.51. The second-order valence-corrected chi connectivity index (χ2v) is 11.0. The molecule has 7 heteroatoms. The first-order valence-corrected chi connectivity index (χ1v) is 13.4. The Bertz CT molecular complexity index is 757. The summed E-state index contributed by atoms with van der Waals surface area (Å²) in [5.74, 6) is 1.09. The van der Waals surface area contributed by atoms with Crippen molar-refractivity contribution >= 4 is 5.91 Å². The topological polar surface area (TPSA) is 130 Å². The van der Waals surface area contributed by atoms with Crippen LogP contribution in [-0.2, 0) is 11.2 Å². The van der Waals surface area contributed by atoms with E-state index in [4.69, 9.17) is 10.2 Å². The zero-order valence-electron chi connectivity index (χ0n) is 21.0. The van der Waals surface area contributed by atoms with E-state index in [1.54, 1.807) is 0 Å². The molecular formula is C28H45NO6. The van der Waals surface area contributed by atoms with E-state index in [0.29, 0.717) is 37.5 Å². The molecule has 0 saturated heterocycles. The van der Waals surface area contributed by atoms with Crippen LogP contribution in [0.4, 0.5) is 0 Å². The molecule has 0 spiro atoms. The number of amides is 1. The molecule has 198 valence electrons. The highest BCUT2D eigenvalue weighted by atomic mass is 16.3. The fourth-order valence-electron chi connectivity index (χ4n) is 6.19. The van der Waals surface area contributed by atoms with Crippen LogP contribution in [0.2, 0.25) is 0 Å². The van der Waals surface area contributed by atoms with Gasteiger partial charge in [0.2, 0.25) is 5.91 Å². The molecule has 1 unspecified atom stereocenters. The molecule has 2 fully saturated rings. The first-order chi connectivity index (χ1) is 16.8. The summed E-state index contributed by atoms with van der Waals surface area (Å²) in [6, 6.07) is 9.56. The monoisotopic (exact) mass is 491 g/mol. The number of aryl methyl sites for hydroxylation is 1. The molecule has 2 aliphatic carbocycles. The first-order valence-electron chi connectivity index (χ1n) is 13.4. The zero-order chi connectivity index (χ0) is 25.4. The molecule has 3 rings (SSSR count). The molecule has 0 radical (unpaired) electrons. The van der Waals surface area contributed by atoms with Gasteiger partial charge in [-0.05, 0) is 86.5 Å². The second kappa shape index (κ2) is 13.7. The van der Waals surface area contributed by atoms with Gasteiger partial charge in [-0.25, -0.2) is 0 Å². The van der Waals surface area contributed by atoms with Crippen LogP contribution in [0.15, 0.2) is 30.3 Å². The lowest BCUT2D eigenvalue weighted by Gasteiger charge is -2.30. The van der Waals surface area contributed by atoms with Gasteiger partial charge in [-0.1, -0.05) is 37.3 Å². The number of hydrogen-bond acceptors (Lipinski definition) is 6. The summed E-state index contributed by atoms with van der Waals surface area (Å²) >= 11 is 0. The van der Waals surface area contributed by atoms with Crippen molar-refractivity contribution in [3.05, 3.63) is 35.9 Å². The molecule has 0 bridgehead atoms. The summed E-state index contributed by atoms with van der Waals surface area (Å²) in [4.78, 5) is 11.9. The maximum atomic E-state index is 11.9. The quantitative estimate of drug-likeness (QED) is 0.223. The van der Waals surface area contributed by atoms with Crippen LogP contribution in [-0.4, -0.2) is 69.0 Å². The Morgan fingerprint density at radius 2 is 1.77 bits per heavy atom. The van der Waals surface area contributed by atoms with E-state index in [-0.39, 0.29) is 36.9 Å². The number of rotatable bonds is 15. The summed E-state index contributed by atoms with van der Waals surface area (Å²) in [6.45, 7) is 1.55. The average Bonchev–Trinajstić information content (AvgIpc) is 3.51. The van der Waals surface area contributed by atoms with Gasteiger partial charge in [0.15, 0.2) is 0 Å². The van der Waals surface area contributed by atoms with Crippen LogP contribution in [0.5, 0.6) is 0 Å². The van der Waals surface area contributed by atoms with Crippen molar-refractivity contribution in [2.24, 2.45) is 29.6 Å². The zero-order valence-corrected chi connectivity index (χ0v) is 21.0. The third-order valence-electron chi connectivity index (χ3n) is 8.25. The minimum absolute atomic E-state index is 0.00250.